The van der Waals surface area contributed by atoms with Crippen LogP contribution in [-0.2, 0) is 0 Å². The molecule has 0 N–H and O–H groups in total. The summed E-state index contributed by atoms with van der Waals surface area (Å²) in [7, 11) is 8.01. The highest BCUT2D eigenvalue weighted by atomic mass is 16.5. The molecule has 0 saturated heterocycles. The number of rotatable bonds is 7. The van der Waals surface area contributed by atoms with E-state index < -0.39 is 0 Å². The summed E-state index contributed by atoms with van der Waals surface area (Å²) in [5.74, 6) is 3.18. The van der Waals surface area contributed by atoms with Crippen molar-refractivity contribution in [2.45, 2.75) is 0 Å². The molecule has 2 aromatic rings. The van der Waals surface area contributed by atoms with Crippen LogP contribution in [0.1, 0.15) is 11.1 Å². The summed E-state index contributed by atoms with van der Waals surface area (Å²) < 4.78 is 26.6. The van der Waals surface area contributed by atoms with E-state index in [0.717, 1.165) is 11.1 Å². The van der Waals surface area contributed by atoms with E-state index in [4.69, 9.17) is 23.7 Å². The van der Waals surface area contributed by atoms with E-state index in [1.807, 2.05) is 42.5 Å². The SMILES string of the molecule is COc1ccc(C=Cc2cc(OC)c(OC)c(OC)c2)cc1OC. The highest BCUT2D eigenvalue weighted by Crippen LogP contribution is 2.38. The minimum absolute atomic E-state index is 0.572. The largest absolute Gasteiger partial charge is 0.493 e. The van der Waals surface area contributed by atoms with Gasteiger partial charge in [-0.2, -0.15) is 0 Å². The lowest BCUT2D eigenvalue weighted by Crippen LogP contribution is -1.95. The lowest BCUT2D eigenvalue weighted by atomic mass is 10.1. The van der Waals surface area contributed by atoms with Crippen molar-refractivity contribution >= 4 is 12.2 Å². The molecule has 24 heavy (non-hydrogen) atoms. The van der Waals surface area contributed by atoms with Crippen LogP contribution in [0.25, 0.3) is 12.2 Å². The van der Waals surface area contributed by atoms with Crippen molar-refractivity contribution in [3.63, 3.8) is 0 Å². The van der Waals surface area contributed by atoms with Gasteiger partial charge in [-0.3, -0.25) is 0 Å². The van der Waals surface area contributed by atoms with Gasteiger partial charge in [0.25, 0.3) is 0 Å². The summed E-state index contributed by atoms with van der Waals surface area (Å²) in [5.41, 5.74) is 1.92. The van der Waals surface area contributed by atoms with Crippen LogP contribution in [0.2, 0.25) is 0 Å². The molecule has 0 amide bonds. The normalized spacial score (nSPS) is 10.5. The van der Waals surface area contributed by atoms with Crippen LogP contribution in [0, 0.1) is 0 Å². The molecule has 0 atom stereocenters. The first-order chi connectivity index (χ1) is 11.7. The van der Waals surface area contributed by atoms with Gasteiger partial charge in [0.2, 0.25) is 5.75 Å². The van der Waals surface area contributed by atoms with Crippen molar-refractivity contribution in [1.82, 2.24) is 0 Å². The second kappa shape index (κ2) is 8.15. The fraction of sp³-hybridized carbons (Fsp3) is 0.263. The Morgan fingerprint density at radius 1 is 0.542 bits per heavy atom. The molecule has 2 aromatic carbocycles. The fourth-order valence-electron chi connectivity index (χ4n) is 2.35. The Hall–Kier alpha value is -2.82. The van der Waals surface area contributed by atoms with E-state index in [1.54, 1.807) is 35.5 Å². The lowest BCUT2D eigenvalue weighted by Gasteiger charge is -2.13. The van der Waals surface area contributed by atoms with E-state index in [0.29, 0.717) is 28.7 Å². The summed E-state index contributed by atoms with van der Waals surface area (Å²) in [6, 6.07) is 9.51. The smallest absolute Gasteiger partial charge is 0.203 e. The summed E-state index contributed by atoms with van der Waals surface area (Å²) in [5, 5.41) is 0. The van der Waals surface area contributed by atoms with E-state index in [1.165, 1.54) is 0 Å². The van der Waals surface area contributed by atoms with Crippen LogP contribution in [0.4, 0.5) is 0 Å². The van der Waals surface area contributed by atoms with Gasteiger partial charge < -0.3 is 23.7 Å². The number of ether oxygens (including phenoxy) is 5. The predicted molar refractivity (Wildman–Crippen MR) is 94.6 cm³/mol. The zero-order chi connectivity index (χ0) is 17.5. The van der Waals surface area contributed by atoms with Gasteiger partial charge in [0, 0.05) is 0 Å². The van der Waals surface area contributed by atoms with Crippen LogP contribution in [-0.4, -0.2) is 35.5 Å². The standard InChI is InChI=1S/C19H22O5/c1-20-15-9-8-13(10-16(15)21-2)6-7-14-11-17(22-3)19(24-5)18(12-14)23-4/h6-12H,1-5H3. The van der Waals surface area contributed by atoms with Crippen molar-refractivity contribution < 1.29 is 23.7 Å². The van der Waals surface area contributed by atoms with Gasteiger partial charge >= 0.3 is 0 Å². The van der Waals surface area contributed by atoms with Gasteiger partial charge in [-0.15, -0.1) is 0 Å². The second-order valence-electron chi connectivity index (χ2n) is 4.91. The number of benzene rings is 2. The molecule has 5 heteroatoms. The molecule has 0 spiro atoms. The molecule has 0 aromatic heterocycles. The highest BCUT2D eigenvalue weighted by molar-refractivity contribution is 5.73. The van der Waals surface area contributed by atoms with Crippen molar-refractivity contribution in [3.8, 4) is 28.7 Å². The fourth-order valence-corrected chi connectivity index (χ4v) is 2.35. The number of methoxy groups -OCH3 is 5. The van der Waals surface area contributed by atoms with Gasteiger partial charge in [0.05, 0.1) is 35.5 Å². The Kier molecular flexibility index (Phi) is 5.95. The van der Waals surface area contributed by atoms with E-state index in [9.17, 15) is 0 Å². The van der Waals surface area contributed by atoms with Crippen molar-refractivity contribution in [2.75, 3.05) is 35.5 Å². The van der Waals surface area contributed by atoms with Crippen LogP contribution in [0.5, 0.6) is 28.7 Å². The quantitative estimate of drug-likeness (QED) is 0.721. The van der Waals surface area contributed by atoms with Crippen molar-refractivity contribution in [3.05, 3.63) is 41.5 Å². The lowest BCUT2D eigenvalue weighted by molar-refractivity contribution is 0.324. The Bertz CT molecular complexity index is 697. The summed E-state index contributed by atoms with van der Waals surface area (Å²) in [6.07, 6.45) is 3.94. The average Bonchev–Trinajstić information content (AvgIpc) is 2.64. The van der Waals surface area contributed by atoms with Crippen LogP contribution < -0.4 is 23.7 Å². The average molecular weight is 330 g/mol. The predicted octanol–water partition coefficient (Wildman–Crippen LogP) is 3.90. The Labute approximate surface area is 142 Å². The molecule has 0 fully saturated rings. The molecule has 2 rings (SSSR count). The first kappa shape index (κ1) is 17.5. The Balaban J connectivity index is 2.35. The molecule has 0 radical (unpaired) electrons. The van der Waals surface area contributed by atoms with Crippen LogP contribution in [0.3, 0.4) is 0 Å². The van der Waals surface area contributed by atoms with Gasteiger partial charge in [-0.25, -0.2) is 0 Å². The monoisotopic (exact) mass is 330 g/mol. The molecule has 0 aliphatic carbocycles. The van der Waals surface area contributed by atoms with Crippen molar-refractivity contribution in [1.29, 1.82) is 0 Å². The minimum atomic E-state index is 0.572. The summed E-state index contributed by atoms with van der Waals surface area (Å²) >= 11 is 0. The Morgan fingerprint density at radius 2 is 1.04 bits per heavy atom. The second-order valence-corrected chi connectivity index (χ2v) is 4.91. The van der Waals surface area contributed by atoms with Crippen molar-refractivity contribution in [2.24, 2.45) is 0 Å². The highest BCUT2D eigenvalue weighted by Gasteiger charge is 2.12. The minimum Gasteiger partial charge on any atom is -0.493 e. The topological polar surface area (TPSA) is 46.2 Å². The van der Waals surface area contributed by atoms with Crippen LogP contribution in [0.15, 0.2) is 30.3 Å². The molecule has 128 valence electrons. The molecule has 0 aliphatic heterocycles. The van der Waals surface area contributed by atoms with Gasteiger partial charge in [-0.1, -0.05) is 18.2 Å². The van der Waals surface area contributed by atoms with E-state index in [2.05, 4.69) is 0 Å². The molecule has 0 unspecified atom stereocenters. The molecular weight excluding hydrogens is 308 g/mol. The summed E-state index contributed by atoms with van der Waals surface area (Å²) in [4.78, 5) is 0. The van der Waals surface area contributed by atoms with Crippen LogP contribution >= 0.6 is 0 Å². The van der Waals surface area contributed by atoms with Gasteiger partial charge in [-0.05, 0) is 35.4 Å². The van der Waals surface area contributed by atoms with Gasteiger partial charge in [0.15, 0.2) is 23.0 Å². The van der Waals surface area contributed by atoms with E-state index >= 15 is 0 Å². The third-order valence-corrected chi connectivity index (χ3v) is 3.56. The third kappa shape index (κ3) is 3.74. The molecule has 0 heterocycles. The molecule has 5 nitrogen and oxygen atoms in total. The van der Waals surface area contributed by atoms with E-state index in [-0.39, 0.29) is 0 Å². The zero-order valence-electron chi connectivity index (χ0n) is 14.6. The molecule has 0 saturated carbocycles. The maximum absolute atomic E-state index is 5.36. The number of hydrogen-bond donors (Lipinski definition) is 0. The zero-order valence-corrected chi connectivity index (χ0v) is 14.6. The molecule has 0 aliphatic rings. The summed E-state index contributed by atoms with van der Waals surface area (Å²) in [6.45, 7) is 0. The molecule has 0 bridgehead atoms. The maximum Gasteiger partial charge on any atom is 0.203 e. The first-order valence-electron chi connectivity index (χ1n) is 7.37. The third-order valence-electron chi connectivity index (χ3n) is 3.56. The molecular formula is C19H22O5. The maximum atomic E-state index is 5.36. The first-order valence-corrected chi connectivity index (χ1v) is 7.37. The Morgan fingerprint density at radius 3 is 1.54 bits per heavy atom. The number of hydrogen-bond acceptors (Lipinski definition) is 5. The van der Waals surface area contributed by atoms with Gasteiger partial charge in [0.1, 0.15) is 0 Å².